The Labute approximate surface area is 58.7 Å². The van der Waals surface area contributed by atoms with Gasteiger partial charge in [0.2, 0.25) is 0 Å². The zero-order chi connectivity index (χ0) is 8.36. The summed E-state index contributed by atoms with van der Waals surface area (Å²) in [7, 11) is 0. The highest BCUT2D eigenvalue weighted by atomic mass is 16.8. The second kappa shape index (κ2) is 2.81. The van der Waals surface area contributed by atoms with Gasteiger partial charge in [-0.25, -0.2) is 0 Å². The molecular formula is C6H10O4. The van der Waals surface area contributed by atoms with Crippen LogP contribution in [0.4, 0.5) is 0 Å². The van der Waals surface area contributed by atoms with Gasteiger partial charge in [0.05, 0.1) is 0 Å². The van der Waals surface area contributed by atoms with E-state index < -0.39 is 11.9 Å². The lowest BCUT2D eigenvalue weighted by Gasteiger charge is -2.19. The van der Waals surface area contributed by atoms with Gasteiger partial charge in [-0.1, -0.05) is 6.58 Å². The van der Waals surface area contributed by atoms with E-state index in [4.69, 9.17) is 10.2 Å². The third kappa shape index (κ3) is 2.61. The van der Waals surface area contributed by atoms with Crippen LogP contribution in [0.2, 0.25) is 0 Å². The summed E-state index contributed by atoms with van der Waals surface area (Å²) < 4.78 is 4.07. The molecule has 0 amide bonds. The summed E-state index contributed by atoms with van der Waals surface area (Å²) in [5.74, 6) is -3.29. The van der Waals surface area contributed by atoms with Gasteiger partial charge in [-0.3, -0.25) is 4.79 Å². The molecule has 0 aliphatic rings. The quantitative estimate of drug-likeness (QED) is 0.320. The molecule has 0 unspecified atom stereocenters. The highest BCUT2D eigenvalue weighted by molar-refractivity contribution is 5.66. The van der Waals surface area contributed by atoms with E-state index in [0.717, 1.165) is 6.92 Å². The summed E-state index contributed by atoms with van der Waals surface area (Å²) in [5.41, 5.74) is -0.0392. The minimum atomic E-state index is -2.52. The van der Waals surface area contributed by atoms with Crippen molar-refractivity contribution >= 4 is 5.97 Å². The van der Waals surface area contributed by atoms with Crippen LogP contribution >= 0.6 is 0 Å². The summed E-state index contributed by atoms with van der Waals surface area (Å²) in [4.78, 5) is 10.2. The first-order valence-electron chi connectivity index (χ1n) is 2.66. The molecule has 4 heteroatoms. The van der Waals surface area contributed by atoms with Crippen LogP contribution in [0.5, 0.6) is 0 Å². The van der Waals surface area contributed by atoms with E-state index in [0.29, 0.717) is 0 Å². The third-order valence-electron chi connectivity index (χ3n) is 0.842. The second-order valence-electron chi connectivity index (χ2n) is 1.98. The number of aliphatic hydroxyl groups is 2. The maximum atomic E-state index is 10.2. The molecule has 0 rings (SSSR count). The first kappa shape index (κ1) is 9.13. The van der Waals surface area contributed by atoms with Crippen molar-refractivity contribution in [1.29, 1.82) is 0 Å². The van der Waals surface area contributed by atoms with Crippen LogP contribution in [0.1, 0.15) is 13.8 Å². The normalized spacial score (nSPS) is 10.8. The highest BCUT2D eigenvalue weighted by Crippen LogP contribution is 2.11. The molecule has 0 aliphatic heterocycles. The van der Waals surface area contributed by atoms with Crippen molar-refractivity contribution in [1.82, 2.24) is 0 Å². The Morgan fingerprint density at radius 2 is 1.90 bits per heavy atom. The molecule has 0 aromatic carbocycles. The molecule has 0 bridgehead atoms. The predicted molar refractivity (Wildman–Crippen MR) is 33.7 cm³/mol. The van der Waals surface area contributed by atoms with Gasteiger partial charge in [0.1, 0.15) is 0 Å². The summed E-state index contributed by atoms with van der Waals surface area (Å²) in [5, 5.41) is 17.6. The zero-order valence-electron chi connectivity index (χ0n) is 5.92. The van der Waals surface area contributed by atoms with Crippen molar-refractivity contribution in [2.75, 3.05) is 0 Å². The van der Waals surface area contributed by atoms with Crippen LogP contribution in [0, 0.1) is 0 Å². The second-order valence-corrected chi connectivity index (χ2v) is 1.98. The lowest BCUT2D eigenvalue weighted by Crippen LogP contribution is -2.34. The molecule has 0 aromatic rings. The number of hydrogen-bond donors (Lipinski definition) is 2. The van der Waals surface area contributed by atoms with E-state index in [2.05, 4.69) is 11.3 Å². The first-order chi connectivity index (χ1) is 4.36. The monoisotopic (exact) mass is 146 g/mol. The summed E-state index contributed by atoms with van der Waals surface area (Å²) in [6, 6.07) is 0. The molecule has 0 aromatic heterocycles. The average Bonchev–Trinajstić information content (AvgIpc) is 1.60. The van der Waals surface area contributed by atoms with Gasteiger partial charge in [0, 0.05) is 12.5 Å². The third-order valence-corrected chi connectivity index (χ3v) is 0.842. The van der Waals surface area contributed by atoms with Gasteiger partial charge >= 0.3 is 11.9 Å². The van der Waals surface area contributed by atoms with Gasteiger partial charge in [0.15, 0.2) is 0 Å². The highest BCUT2D eigenvalue weighted by Gasteiger charge is 2.27. The number of hydrogen-bond acceptors (Lipinski definition) is 4. The smallest absolute Gasteiger partial charge is 0.348 e. The van der Waals surface area contributed by atoms with E-state index in [1.165, 1.54) is 6.92 Å². The van der Waals surface area contributed by atoms with Crippen molar-refractivity contribution < 1.29 is 19.7 Å². The molecule has 2 N–H and O–H groups in total. The van der Waals surface area contributed by atoms with Crippen LogP contribution in [-0.2, 0) is 9.53 Å². The molecule has 0 spiro atoms. The fourth-order valence-corrected chi connectivity index (χ4v) is 0.288. The predicted octanol–water partition coefficient (Wildman–Crippen LogP) is -0.236. The Bertz CT molecular complexity index is 159. The Kier molecular flexibility index (Phi) is 2.56. The van der Waals surface area contributed by atoms with E-state index in [1.54, 1.807) is 0 Å². The Morgan fingerprint density at radius 3 is 2.00 bits per heavy atom. The number of esters is 1. The fraction of sp³-hybridized carbons (Fsp3) is 0.500. The number of carbonyl (C=O) groups is 1. The van der Waals surface area contributed by atoms with Crippen molar-refractivity contribution in [2.24, 2.45) is 0 Å². The summed E-state index contributed by atoms with van der Waals surface area (Å²) >= 11 is 0. The van der Waals surface area contributed by atoms with Crippen LogP contribution in [0.25, 0.3) is 0 Å². The molecular weight excluding hydrogens is 136 g/mol. The first-order valence-corrected chi connectivity index (χ1v) is 2.66. The topological polar surface area (TPSA) is 66.8 Å². The van der Waals surface area contributed by atoms with E-state index in [-0.39, 0.29) is 5.57 Å². The fourth-order valence-electron chi connectivity index (χ4n) is 0.288. The molecule has 0 heterocycles. The Hall–Kier alpha value is -0.870. The minimum absolute atomic E-state index is 0.0392. The number of ether oxygens (including phenoxy) is 1. The lowest BCUT2D eigenvalue weighted by molar-refractivity contribution is -0.292. The van der Waals surface area contributed by atoms with Crippen LogP contribution in [-0.4, -0.2) is 22.2 Å². The van der Waals surface area contributed by atoms with Crippen LogP contribution < -0.4 is 0 Å². The van der Waals surface area contributed by atoms with Gasteiger partial charge in [-0.15, -0.1) is 0 Å². The molecule has 58 valence electrons. The largest absolute Gasteiger partial charge is 0.405 e. The molecule has 0 radical (unpaired) electrons. The SMILES string of the molecule is C=C(C)C(O)(O)OC(C)=O. The summed E-state index contributed by atoms with van der Waals surface area (Å²) in [6.07, 6.45) is 0. The molecule has 0 saturated carbocycles. The summed E-state index contributed by atoms with van der Waals surface area (Å²) in [6.45, 7) is 5.61. The lowest BCUT2D eigenvalue weighted by atomic mass is 10.3. The average molecular weight is 146 g/mol. The molecule has 0 saturated heterocycles. The van der Waals surface area contributed by atoms with Crippen LogP contribution in [0.3, 0.4) is 0 Å². The van der Waals surface area contributed by atoms with Crippen molar-refractivity contribution in [3.8, 4) is 0 Å². The van der Waals surface area contributed by atoms with Crippen molar-refractivity contribution in [2.45, 2.75) is 19.8 Å². The van der Waals surface area contributed by atoms with E-state index in [9.17, 15) is 4.79 Å². The van der Waals surface area contributed by atoms with E-state index >= 15 is 0 Å². The molecule has 0 aliphatic carbocycles. The van der Waals surface area contributed by atoms with E-state index in [1.807, 2.05) is 0 Å². The van der Waals surface area contributed by atoms with Gasteiger partial charge < -0.3 is 14.9 Å². The minimum Gasteiger partial charge on any atom is -0.405 e. The zero-order valence-corrected chi connectivity index (χ0v) is 5.92. The number of rotatable bonds is 2. The van der Waals surface area contributed by atoms with Gasteiger partial charge in [-0.2, -0.15) is 0 Å². The van der Waals surface area contributed by atoms with Gasteiger partial charge in [0.25, 0.3) is 0 Å². The van der Waals surface area contributed by atoms with Crippen molar-refractivity contribution in [3.05, 3.63) is 12.2 Å². The maximum Gasteiger partial charge on any atom is 0.348 e. The Morgan fingerprint density at radius 1 is 1.50 bits per heavy atom. The Balaban J connectivity index is 4.13. The molecule has 0 atom stereocenters. The molecule has 0 fully saturated rings. The maximum absolute atomic E-state index is 10.2. The number of carbonyl (C=O) groups excluding carboxylic acids is 1. The molecule has 10 heavy (non-hydrogen) atoms. The van der Waals surface area contributed by atoms with Crippen molar-refractivity contribution in [3.63, 3.8) is 0 Å². The molecule has 4 nitrogen and oxygen atoms in total. The van der Waals surface area contributed by atoms with Gasteiger partial charge in [-0.05, 0) is 6.92 Å². The van der Waals surface area contributed by atoms with Crippen LogP contribution in [0.15, 0.2) is 12.2 Å². The standard InChI is InChI=1S/C6H10O4/c1-4(2)6(8,9)10-5(3)7/h8-9H,1H2,2-3H3.